The Morgan fingerprint density at radius 3 is 2.78 bits per heavy atom. The van der Waals surface area contributed by atoms with Crippen LogP contribution in [-0.2, 0) is 6.54 Å². The largest absolute Gasteiger partial charge is 0.316 e. The van der Waals surface area contributed by atoms with Gasteiger partial charge in [0, 0.05) is 22.1 Å². The molecule has 0 saturated heterocycles. The first-order valence-electron chi connectivity index (χ1n) is 5.41. The Morgan fingerprint density at radius 2 is 2.17 bits per heavy atom. The number of nitrogens with one attached hydrogen (secondary N) is 1. The van der Waals surface area contributed by atoms with Crippen molar-refractivity contribution in [2.45, 2.75) is 16.5 Å². The van der Waals surface area contributed by atoms with Crippen LogP contribution in [0.25, 0.3) is 0 Å². The van der Waals surface area contributed by atoms with E-state index < -0.39 is 0 Å². The van der Waals surface area contributed by atoms with Gasteiger partial charge in [-0.15, -0.1) is 0 Å². The molecule has 0 radical (unpaired) electrons. The molecule has 2 aromatic rings. The summed E-state index contributed by atoms with van der Waals surface area (Å²) in [5.41, 5.74) is 1.18. The van der Waals surface area contributed by atoms with Crippen LogP contribution < -0.4 is 5.32 Å². The molecular formula is C13H12BrClN2S. The van der Waals surface area contributed by atoms with E-state index in [2.05, 4.69) is 32.3 Å². The van der Waals surface area contributed by atoms with Gasteiger partial charge in [0.05, 0.1) is 5.02 Å². The van der Waals surface area contributed by atoms with E-state index in [1.807, 2.05) is 31.3 Å². The van der Waals surface area contributed by atoms with E-state index in [9.17, 15) is 0 Å². The van der Waals surface area contributed by atoms with Crippen LogP contribution in [0.2, 0.25) is 5.02 Å². The third-order valence-electron chi connectivity index (χ3n) is 2.29. The normalized spacial score (nSPS) is 10.6. The number of pyridine rings is 1. The van der Waals surface area contributed by atoms with Gasteiger partial charge >= 0.3 is 0 Å². The fourth-order valence-electron chi connectivity index (χ4n) is 1.48. The summed E-state index contributed by atoms with van der Waals surface area (Å²) in [5.74, 6) is 0. The molecule has 0 aliphatic carbocycles. The third-order valence-corrected chi connectivity index (χ3v) is 4.21. The van der Waals surface area contributed by atoms with Crippen molar-refractivity contribution in [1.29, 1.82) is 0 Å². The fourth-order valence-corrected chi connectivity index (χ4v) is 2.79. The van der Waals surface area contributed by atoms with Crippen LogP contribution in [0.4, 0.5) is 0 Å². The lowest BCUT2D eigenvalue weighted by atomic mass is 10.2. The fraction of sp³-hybridized carbons (Fsp3) is 0.154. The van der Waals surface area contributed by atoms with E-state index in [1.165, 1.54) is 5.56 Å². The maximum atomic E-state index is 6.26. The van der Waals surface area contributed by atoms with Gasteiger partial charge in [-0.1, -0.05) is 29.4 Å². The molecule has 0 atom stereocenters. The molecule has 0 aliphatic rings. The number of nitrogens with zero attached hydrogens (tertiary/aromatic N) is 1. The van der Waals surface area contributed by atoms with E-state index >= 15 is 0 Å². The lowest BCUT2D eigenvalue weighted by molar-refractivity contribution is 0.817. The van der Waals surface area contributed by atoms with Crippen molar-refractivity contribution in [2.75, 3.05) is 7.05 Å². The molecule has 0 unspecified atom stereocenters. The number of hydrogen-bond donors (Lipinski definition) is 1. The Labute approximate surface area is 124 Å². The molecule has 94 valence electrons. The van der Waals surface area contributed by atoms with Gasteiger partial charge in [-0.3, -0.25) is 0 Å². The van der Waals surface area contributed by atoms with E-state index in [1.54, 1.807) is 18.0 Å². The Kier molecular flexibility index (Phi) is 5.06. The minimum absolute atomic E-state index is 0.762. The zero-order valence-corrected chi connectivity index (χ0v) is 12.9. The minimum Gasteiger partial charge on any atom is -0.316 e. The van der Waals surface area contributed by atoms with E-state index in [0.29, 0.717) is 0 Å². The van der Waals surface area contributed by atoms with Crippen molar-refractivity contribution >= 4 is 39.3 Å². The molecule has 0 bridgehead atoms. The number of halogens is 2. The van der Waals surface area contributed by atoms with Crippen molar-refractivity contribution < 1.29 is 0 Å². The van der Waals surface area contributed by atoms with Gasteiger partial charge in [0.15, 0.2) is 0 Å². The molecule has 18 heavy (non-hydrogen) atoms. The summed E-state index contributed by atoms with van der Waals surface area (Å²) in [4.78, 5) is 5.34. The molecule has 0 saturated carbocycles. The van der Waals surface area contributed by atoms with Gasteiger partial charge in [-0.2, -0.15) is 0 Å². The van der Waals surface area contributed by atoms with Crippen LogP contribution in [0.5, 0.6) is 0 Å². The van der Waals surface area contributed by atoms with E-state index in [0.717, 1.165) is 26.0 Å². The summed E-state index contributed by atoms with van der Waals surface area (Å²) in [5, 5.41) is 4.80. The van der Waals surface area contributed by atoms with Gasteiger partial charge in [0.25, 0.3) is 0 Å². The number of rotatable bonds is 4. The van der Waals surface area contributed by atoms with Crippen LogP contribution in [0.1, 0.15) is 5.56 Å². The molecule has 5 heteroatoms. The Balaban J connectivity index is 2.16. The number of hydrogen-bond acceptors (Lipinski definition) is 3. The Hall–Kier alpha value is -0.550. The highest BCUT2D eigenvalue weighted by atomic mass is 79.9. The molecule has 1 heterocycles. The predicted molar refractivity (Wildman–Crippen MR) is 80.3 cm³/mol. The first kappa shape index (κ1) is 13.9. The summed E-state index contributed by atoms with van der Waals surface area (Å²) < 4.78 is 0.974. The Bertz CT molecular complexity index is 531. The standard InChI is InChI=1S/C13H12BrClN2S/c1-16-7-9-2-4-12(11(15)6-9)18-13-5-3-10(14)8-17-13/h2-6,8,16H,7H2,1H3. The first-order valence-corrected chi connectivity index (χ1v) is 7.40. The molecule has 1 N–H and O–H groups in total. The van der Waals surface area contributed by atoms with E-state index in [-0.39, 0.29) is 0 Å². The lowest BCUT2D eigenvalue weighted by Gasteiger charge is -2.06. The highest BCUT2D eigenvalue weighted by Gasteiger charge is 2.05. The predicted octanol–water partition coefficient (Wildman–Crippen LogP) is 4.37. The lowest BCUT2D eigenvalue weighted by Crippen LogP contribution is -2.04. The van der Waals surface area contributed by atoms with E-state index in [4.69, 9.17) is 11.6 Å². The van der Waals surface area contributed by atoms with Crippen LogP contribution in [0.15, 0.2) is 50.9 Å². The molecule has 1 aromatic heterocycles. The summed E-state index contributed by atoms with van der Waals surface area (Å²) in [6, 6.07) is 10.0. The van der Waals surface area contributed by atoms with Crippen molar-refractivity contribution in [2.24, 2.45) is 0 Å². The molecule has 2 rings (SSSR count). The van der Waals surface area contributed by atoms with Gasteiger partial charge < -0.3 is 5.32 Å². The van der Waals surface area contributed by atoms with Crippen molar-refractivity contribution in [3.63, 3.8) is 0 Å². The quantitative estimate of drug-likeness (QED) is 0.892. The second-order valence-corrected chi connectivity index (χ2v) is 6.10. The smallest absolute Gasteiger partial charge is 0.101 e. The molecule has 0 spiro atoms. The minimum atomic E-state index is 0.762. The topological polar surface area (TPSA) is 24.9 Å². The van der Waals surface area contributed by atoms with Crippen LogP contribution in [0, 0.1) is 0 Å². The molecule has 0 fully saturated rings. The van der Waals surface area contributed by atoms with Crippen molar-refractivity contribution in [3.05, 3.63) is 51.6 Å². The average Bonchev–Trinajstić information content (AvgIpc) is 2.36. The van der Waals surface area contributed by atoms with Crippen LogP contribution >= 0.6 is 39.3 Å². The van der Waals surface area contributed by atoms with Gasteiger partial charge in [-0.25, -0.2) is 4.98 Å². The molecule has 1 aromatic carbocycles. The van der Waals surface area contributed by atoms with Gasteiger partial charge in [0.2, 0.25) is 0 Å². The highest BCUT2D eigenvalue weighted by molar-refractivity contribution is 9.10. The van der Waals surface area contributed by atoms with Crippen LogP contribution in [-0.4, -0.2) is 12.0 Å². The molecular weight excluding hydrogens is 332 g/mol. The SMILES string of the molecule is CNCc1ccc(Sc2ccc(Br)cn2)c(Cl)c1. The summed E-state index contributed by atoms with van der Waals surface area (Å²) >= 11 is 11.2. The van der Waals surface area contributed by atoms with Gasteiger partial charge in [0.1, 0.15) is 5.03 Å². The highest BCUT2D eigenvalue weighted by Crippen LogP contribution is 2.33. The first-order chi connectivity index (χ1) is 8.69. The Morgan fingerprint density at radius 1 is 1.33 bits per heavy atom. The second-order valence-electron chi connectivity index (χ2n) is 3.71. The average molecular weight is 344 g/mol. The molecule has 0 amide bonds. The second kappa shape index (κ2) is 6.57. The molecule has 0 aliphatic heterocycles. The zero-order valence-electron chi connectivity index (χ0n) is 9.78. The monoisotopic (exact) mass is 342 g/mol. The van der Waals surface area contributed by atoms with Crippen molar-refractivity contribution in [1.82, 2.24) is 10.3 Å². The summed E-state index contributed by atoms with van der Waals surface area (Å²) in [6.07, 6.45) is 1.78. The van der Waals surface area contributed by atoms with Crippen molar-refractivity contribution in [3.8, 4) is 0 Å². The van der Waals surface area contributed by atoms with Gasteiger partial charge in [-0.05, 0) is 52.8 Å². The molecule has 2 nitrogen and oxygen atoms in total. The number of benzene rings is 1. The third kappa shape index (κ3) is 3.72. The zero-order chi connectivity index (χ0) is 13.0. The van der Waals surface area contributed by atoms with Crippen LogP contribution in [0.3, 0.4) is 0 Å². The maximum Gasteiger partial charge on any atom is 0.101 e. The maximum absolute atomic E-state index is 6.26. The number of aromatic nitrogens is 1. The summed E-state index contributed by atoms with van der Waals surface area (Å²) in [6.45, 7) is 0.821. The summed E-state index contributed by atoms with van der Waals surface area (Å²) in [7, 11) is 1.92.